The summed E-state index contributed by atoms with van der Waals surface area (Å²) in [5.74, 6) is 0. The molecule has 0 amide bonds. The zero-order valence-corrected chi connectivity index (χ0v) is 10.9. The fourth-order valence-electron chi connectivity index (χ4n) is 1.48. The molecule has 2 heteroatoms. The maximum atomic E-state index is 3.50. The standard InChI is InChI=1S/C13H21NS/c1-10-5-6-11(2)13(7-10)9-14-8-12(3)15-4/h5-7,12,14H,8-9H2,1-4H3. The molecule has 0 saturated carbocycles. The molecule has 0 radical (unpaired) electrons. The zero-order valence-electron chi connectivity index (χ0n) is 10.1. The van der Waals surface area contributed by atoms with Crippen molar-refractivity contribution in [2.75, 3.05) is 12.8 Å². The second-order valence-electron chi connectivity index (χ2n) is 4.11. The molecule has 84 valence electrons. The molecule has 0 aliphatic carbocycles. The molecule has 0 aromatic heterocycles. The highest BCUT2D eigenvalue weighted by Gasteiger charge is 2.01. The summed E-state index contributed by atoms with van der Waals surface area (Å²) in [5, 5.41) is 4.19. The SMILES string of the molecule is CSC(C)CNCc1cc(C)ccc1C. The summed E-state index contributed by atoms with van der Waals surface area (Å²) in [6.07, 6.45) is 2.16. The predicted molar refractivity (Wildman–Crippen MR) is 70.6 cm³/mol. The molecule has 1 aromatic carbocycles. The fraction of sp³-hybridized carbons (Fsp3) is 0.538. The molecule has 1 unspecified atom stereocenters. The van der Waals surface area contributed by atoms with Gasteiger partial charge in [-0.2, -0.15) is 11.8 Å². The van der Waals surface area contributed by atoms with Crippen LogP contribution in [0.1, 0.15) is 23.6 Å². The number of benzene rings is 1. The fourth-order valence-corrected chi connectivity index (χ4v) is 1.77. The van der Waals surface area contributed by atoms with E-state index < -0.39 is 0 Å². The van der Waals surface area contributed by atoms with Gasteiger partial charge in [0.1, 0.15) is 0 Å². The number of rotatable bonds is 5. The van der Waals surface area contributed by atoms with Gasteiger partial charge in [0, 0.05) is 18.3 Å². The first-order valence-corrected chi connectivity index (χ1v) is 6.72. The van der Waals surface area contributed by atoms with E-state index in [4.69, 9.17) is 0 Å². The zero-order chi connectivity index (χ0) is 11.3. The van der Waals surface area contributed by atoms with Crippen molar-refractivity contribution in [3.05, 3.63) is 34.9 Å². The Bertz CT molecular complexity index is 309. The maximum absolute atomic E-state index is 3.50. The van der Waals surface area contributed by atoms with Gasteiger partial charge in [-0.1, -0.05) is 30.7 Å². The van der Waals surface area contributed by atoms with E-state index in [9.17, 15) is 0 Å². The Morgan fingerprint density at radius 3 is 2.73 bits per heavy atom. The van der Waals surface area contributed by atoms with Crippen molar-refractivity contribution in [2.24, 2.45) is 0 Å². The van der Waals surface area contributed by atoms with Gasteiger partial charge in [-0.05, 0) is 31.2 Å². The number of thioether (sulfide) groups is 1. The highest BCUT2D eigenvalue weighted by Crippen LogP contribution is 2.10. The van der Waals surface area contributed by atoms with Crippen molar-refractivity contribution in [1.82, 2.24) is 5.32 Å². The lowest BCUT2D eigenvalue weighted by atomic mass is 10.1. The maximum Gasteiger partial charge on any atom is 0.0208 e. The summed E-state index contributed by atoms with van der Waals surface area (Å²) >= 11 is 1.90. The first kappa shape index (κ1) is 12.6. The van der Waals surface area contributed by atoms with Crippen molar-refractivity contribution < 1.29 is 0 Å². The topological polar surface area (TPSA) is 12.0 Å². The van der Waals surface area contributed by atoms with Crippen LogP contribution in [0.25, 0.3) is 0 Å². The van der Waals surface area contributed by atoms with E-state index in [1.165, 1.54) is 16.7 Å². The lowest BCUT2D eigenvalue weighted by Crippen LogP contribution is -2.22. The molecule has 0 bridgehead atoms. The van der Waals surface area contributed by atoms with Crippen molar-refractivity contribution >= 4 is 11.8 Å². The normalized spacial score (nSPS) is 12.8. The van der Waals surface area contributed by atoms with Gasteiger partial charge in [-0.3, -0.25) is 0 Å². The van der Waals surface area contributed by atoms with Crippen LogP contribution in [0.2, 0.25) is 0 Å². The number of aryl methyl sites for hydroxylation is 2. The Morgan fingerprint density at radius 2 is 2.07 bits per heavy atom. The summed E-state index contributed by atoms with van der Waals surface area (Å²) in [7, 11) is 0. The predicted octanol–water partition coefficient (Wildman–Crippen LogP) is 3.14. The lowest BCUT2D eigenvalue weighted by Gasteiger charge is -2.11. The first-order valence-electron chi connectivity index (χ1n) is 5.43. The molecular weight excluding hydrogens is 202 g/mol. The molecule has 0 spiro atoms. The Hall–Kier alpha value is -0.470. The van der Waals surface area contributed by atoms with Gasteiger partial charge in [0.2, 0.25) is 0 Å². The smallest absolute Gasteiger partial charge is 0.0208 e. The number of hydrogen-bond acceptors (Lipinski definition) is 2. The molecule has 1 atom stereocenters. The third kappa shape index (κ3) is 4.27. The van der Waals surface area contributed by atoms with Crippen LogP contribution < -0.4 is 5.32 Å². The minimum absolute atomic E-state index is 0.690. The van der Waals surface area contributed by atoms with Crippen molar-refractivity contribution in [1.29, 1.82) is 0 Å². The molecule has 0 saturated heterocycles. The molecule has 0 fully saturated rings. The van der Waals surface area contributed by atoms with Gasteiger partial charge in [-0.25, -0.2) is 0 Å². The van der Waals surface area contributed by atoms with Crippen LogP contribution >= 0.6 is 11.8 Å². The Balaban J connectivity index is 2.46. The van der Waals surface area contributed by atoms with Crippen LogP contribution in [0.4, 0.5) is 0 Å². The van der Waals surface area contributed by atoms with Gasteiger partial charge in [0.05, 0.1) is 0 Å². The second kappa shape index (κ2) is 6.19. The minimum atomic E-state index is 0.690. The molecule has 0 heterocycles. The van der Waals surface area contributed by atoms with Crippen LogP contribution in [0.5, 0.6) is 0 Å². The highest BCUT2D eigenvalue weighted by atomic mass is 32.2. The number of nitrogens with one attached hydrogen (secondary N) is 1. The molecular formula is C13H21NS. The van der Waals surface area contributed by atoms with E-state index in [-0.39, 0.29) is 0 Å². The quantitative estimate of drug-likeness (QED) is 0.823. The summed E-state index contributed by atoms with van der Waals surface area (Å²) in [6.45, 7) is 8.63. The Kier molecular flexibility index (Phi) is 5.20. The largest absolute Gasteiger partial charge is 0.312 e. The Morgan fingerprint density at radius 1 is 1.33 bits per heavy atom. The van der Waals surface area contributed by atoms with E-state index >= 15 is 0 Å². The summed E-state index contributed by atoms with van der Waals surface area (Å²) in [6, 6.07) is 6.64. The summed E-state index contributed by atoms with van der Waals surface area (Å²) in [4.78, 5) is 0. The Labute approximate surface area is 97.7 Å². The first-order chi connectivity index (χ1) is 7.13. The van der Waals surface area contributed by atoms with Gasteiger partial charge >= 0.3 is 0 Å². The van der Waals surface area contributed by atoms with Gasteiger partial charge in [-0.15, -0.1) is 0 Å². The van der Waals surface area contributed by atoms with E-state index in [1.54, 1.807) is 0 Å². The third-order valence-electron chi connectivity index (χ3n) is 2.65. The van der Waals surface area contributed by atoms with Gasteiger partial charge in [0.15, 0.2) is 0 Å². The second-order valence-corrected chi connectivity index (χ2v) is 5.38. The van der Waals surface area contributed by atoms with Crippen molar-refractivity contribution in [3.63, 3.8) is 0 Å². The molecule has 15 heavy (non-hydrogen) atoms. The molecule has 1 rings (SSSR count). The summed E-state index contributed by atoms with van der Waals surface area (Å²) < 4.78 is 0. The van der Waals surface area contributed by atoms with E-state index in [1.807, 2.05) is 11.8 Å². The lowest BCUT2D eigenvalue weighted by molar-refractivity contribution is 0.682. The minimum Gasteiger partial charge on any atom is -0.312 e. The van der Waals surface area contributed by atoms with Crippen LogP contribution in [-0.2, 0) is 6.54 Å². The highest BCUT2D eigenvalue weighted by molar-refractivity contribution is 7.99. The monoisotopic (exact) mass is 223 g/mol. The molecule has 1 aromatic rings. The third-order valence-corrected chi connectivity index (χ3v) is 3.63. The average molecular weight is 223 g/mol. The van der Waals surface area contributed by atoms with Gasteiger partial charge < -0.3 is 5.32 Å². The van der Waals surface area contributed by atoms with E-state index in [0.29, 0.717) is 5.25 Å². The van der Waals surface area contributed by atoms with Crippen molar-refractivity contribution in [2.45, 2.75) is 32.6 Å². The van der Waals surface area contributed by atoms with Crippen molar-refractivity contribution in [3.8, 4) is 0 Å². The molecule has 1 nitrogen and oxygen atoms in total. The molecule has 1 N–H and O–H groups in total. The summed E-state index contributed by atoms with van der Waals surface area (Å²) in [5.41, 5.74) is 4.14. The average Bonchev–Trinajstić information content (AvgIpc) is 2.23. The molecule has 0 aliphatic rings. The number of hydrogen-bond donors (Lipinski definition) is 1. The van der Waals surface area contributed by atoms with E-state index in [0.717, 1.165) is 13.1 Å². The van der Waals surface area contributed by atoms with Crippen LogP contribution in [0, 0.1) is 13.8 Å². The van der Waals surface area contributed by atoms with Crippen LogP contribution in [-0.4, -0.2) is 18.1 Å². The van der Waals surface area contributed by atoms with E-state index in [2.05, 4.69) is 50.5 Å². The molecule has 0 aliphatic heterocycles. The van der Waals surface area contributed by atoms with Gasteiger partial charge in [0.25, 0.3) is 0 Å². The van der Waals surface area contributed by atoms with Crippen LogP contribution in [0.15, 0.2) is 18.2 Å². The van der Waals surface area contributed by atoms with Crippen LogP contribution in [0.3, 0.4) is 0 Å².